The molecule has 21 heavy (non-hydrogen) atoms. The van der Waals surface area contributed by atoms with Crippen molar-refractivity contribution < 1.29 is 4.42 Å². The third-order valence-corrected chi connectivity index (χ3v) is 4.65. The molecule has 1 aromatic rings. The molecule has 0 radical (unpaired) electrons. The summed E-state index contributed by atoms with van der Waals surface area (Å²) in [4.78, 5) is 2.55. The molecule has 3 heteroatoms. The van der Waals surface area contributed by atoms with Crippen LogP contribution in [0.2, 0.25) is 0 Å². The van der Waals surface area contributed by atoms with Gasteiger partial charge < -0.3 is 9.73 Å². The molecule has 1 fully saturated rings. The van der Waals surface area contributed by atoms with Crippen LogP contribution in [0.1, 0.15) is 51.9 Å². The molecule has 0 aliphatic carbocycles. The maximum Gasteiger partial charge on any atom is 0.122 e. The maximum atomic E-state index is 5.72. The summed E-state index contributed by atoms with van der Waals surface area (Å²) in [7, 11) is 0. The monoisotopic (exact) mass is 292 g/mol. The molecule has 1 aliphatic rings. The van der Waals surface area contributed by atoms with Crippen LogP contribution in [-0.2, 0) is 13.1 Å². The van der Waals surface area contributed by atoms with Crippen LogP contribution in [0.4, 0.5) is 0 Å². The molecule has 3 nitrogen and oxygen atoms in total. The molecule has 1 N–H and O–H groups in total. The molecule has 0 saturated carbocycles. The Morgan fingerprint density at radius 1 is 1.24 bits per heavy atom. The maximum absolute atomic E-state index is 5.72. The van der Waals surface area contributed by atoms with Gasteiger partial charge in [0.2, 0.25) is 0 Å². The molecule has 120 valence electrons. The summed E-state index contributed by atoms with van der Waals surface area (Å²) in [5.41, 5.74) is 1.32. The van der Waals surface area contributed by atoms with E-state index in [9.17, 15) is 0 Å². The summed E-state index contributed by atoms with van der Waals surface area (Å²) in [5, 5.41) is 3.51. The fourth-order valence-corrected chi connectivity index (χ4v) is 3.14. The summed E-state index contributed by atoms with van der Waals surface area (Å²) in [6.07, 6.45) is 4.50. The van der Waals surface area contributed by atoms with Crippen molar-refractivity contribution >= 4 is 0 Å². The van der Waals surface area contributed by atoms with Gasteiger partial charge >= 0.3 is 0 Å². The smallest absolute Gasteiger partial charge is 0.122 e. The van der Waals surface area contributed by atoms with Crippen molar-refractivity contribution in [2.24, 2.45) is 17.8 Å². The van der Waals surface area contributed by atoms with E-state index in [0.29, 0.717) is 5.92 Å². The lowest BCUT2D eigenvalue weighted by Gasteiger charge is -2.33. The van der Waals surface area contributed by atoms with Crippen LogP contribution in [0.5, 0.6) is 0 Å². The number of hydrogen-bond donors (Lipinski definition) is 1. The fourth-order valence-electron chi connectivity index (χ4n) is 3.14. The lowest BCUT2D eigenvalue weighted by Crippen LogP contribution is -2.35. The van der Waals surface area contributed by atoms with Gasteiger partial charge in [-0.3, -0.25) is 4.90 Å². The molecular weight excluding hydrogens is 260 g/mol. The first kappa shape index (κ1) is 16.6. The van der Waals surface area contributed by atoms with Gasteiger partial charge in [-0.05, 0) is 56.3 Å². The molecule has 1 aromatic heterocycles. The lowest BCUT2D eigenvalue weighted by atomic mass is 9.87. The van der Waals surface area contributed by atoms with Crippen LogP contribution in [0.15, 0.2) is 16.7 Å². The molecular formula is C18H32N2O. The van der Waals surface area contributed by atoms with E-state index >= 15 is 0 Å². The van der Waals surface area contributed by atoms with Gasteiger partial charge in [0.1, 0.15) is 5.76 Å². The second-order valence-corrected chi connectivity index (χ2v) is 7.25. The molecule has 0 unspecified atom stereocenters. The number of hydrogen-bond acceptors (Lipinski definition) is 3. The lowest BCUT2D eigenvalue weighted by molar-refractivity contribution is 0.143. The number of piperidine rings is 1. The number of likely N-dealkylation sites (tertiary alicyclic amines) is 1. The van der Waals surface area contributed by atoms with Gasteiger partial charge in [-0.25, -0.2) is 0 Å². The van der Waals surface area contributed by atoms with Crippen molar-refractivity contribution in [2.75, 3.05) is 19.6 Å². The van der Waals surface area contributed by atoms with Gasteiger partial charge in [-0.1, -0.05) is 27.7 Å². The number of rotatable bonds is 7. The Kier molecular flexibility index (Phi) is 6.31. The van der Waals surface area contributed by atoms with Crippen molar-refractivity contribution in [3.8, 4) is 0 Å². The van der Waals surface area contributed by atoms with E-state index in [4.69, 9.17) is 4.42 Å². The SMILES string of the molecule is CC(C)CNCc1ccoc1CN1CCC(C(C)C)CC1. The number of nitrogens with zero attached hydrogens (tertiary/aromatic N) is 1. The molecule has 1 saturated heterocycles. The predicted molar refractivity (Wildman–Crippen MR) is 88.1 cm³/mol. The second kappa shape index (κ2) is 8.00. The van der Waals surface area contributed by atoms with Crippen LogP contribution >= 0.6 is 0 Å². The van der Waals surface area contributed by atoms with Gasteiger partial charge in [0.05, 0.1) is 12.8 Å². The quantitative estimate of drug-likeness (QED) is 0.826. The zero-order valence-corrected chi connectivity index (χ0v) is 14.2. The van der Waals surface area contributed by atoms with Crippen molar-refractivity contribution in [1.29, 1.82) is 0 Å². The zero-order valence-electron chi connectivity index (χ0n) is 14.2. The summed E-state index contributed by atoms with van der Waals surface area (Å²) < 4.78 is 5.72. The minimum absolute atomic E-state index is 0.690. The Balaban J connectivity index is 1.80. The molecule has 0 aromatic carbocycles. The highest BCUT2D eigenvalue weighted by Crippen LogP contribution is 2.25. The van der Waals surface area contributed by atoms with Crippen LogP contribution in [0, 0.1) is 17.8 Å². The van der Waals surface area contributed by atoms with E-state index in [1.54, 1.807) is 0 Å². The first-order chi connectivity index (χ1) is 10.1. The van der Waals surface area contributed by atoms with Crippen LogP contribution in [0.25, 0.3) is 0 Å². The fraction of sp³-hybridized carbons (Fsp3) is 0.778. The normalized spacial score (nSPS) is 18.0. The predicted octanol–water partition coefficient (Wildman–Crippen LogP) is 3.89. The van der Waals surface area contributed by atoms with Crippen molar-refractivity contribution in [2.45, 2.75) is 53.6 Å². The van der Waals surface area contributed by atoms with Gasteiger partial charge in [0, 0.05) is 12.1 Å². The molecule has 0 bridgehead atoms. The van der Waals surface area contributed by atoms with Gasteiger partial charge in [-0.2, -0.15) is 0 Å². The van der Waals surface area contributed by atoms with E-state index < -0.39 is 0 Å². The van der Waals surface area contributed by atoms with Gasteiger partial charge in [0.25, 0.3) is 0 Å². The number of nitrogens with one attached hydrogen (secondary N) is 1. The van der Waals surface area contributed by atoms with Crippen molar-refractivity contribution in [3.05, 3.63) is 23.7 Å². The Hall–Kier alpha value is -0.800. The summed E-state index contributed by atoms with van der Waals surface area (Å²) >= 11 is 0. The third kappa shape index (κ3) is 5.15. The minimum atomic E-state index is 0.690. The van der Waals surface area contributed by atoms with Crippen molar-refractivity contribution in [1.82, 2.24) is 10.2 Å². The van der Waals surface area contributed by atoms with Crippen LogP contribution in [-0.4, -0.2) is 24.5 Å². The topological polar surface area (TPSA) is 28.4 Å². The minimum Gasteiger partial charge on any atom is -0.468 e. The molecule has 2 rings (SSSR count). The van der Waals surface area contributed by atoms with Gasteiger partial charge in [0.15, 0.2) is 0 Å². The Morgan fingerprint density at radius 3 is 2.57 bits per heavy atom. The molecule has 0 spiro atoms. The highest BCUT2D eigenvalue weighted by Gasteiger charge is 2.22. The second-order valence-electron chi connectivity index (χ2n) is 7.25. The van der Waals surface area contributed by atoms with Crippen molar-refractivity contribution in [3.63, 3.8) is 0 Å². The van der Waals surface area contributed by atoms with Crippen LogP contribution in [0.3, 0.4) is 0 Å². The average molecular weight is 292 g/mol. The summed E-state index contributed by atoms with van der Waals surface area (Å²) in [6.45, 7) is 14.6. The zero-order chi connectivity index (χ0) is 15.2. The first-order valence-electron chi connectivity index (χ1n) is 8.54. The highest BCUT2D eigenvalue weighted by molar-refractivity contribution is 5.16. The molecule has 2 heterocycles. The Labute approximate surface area is 130 Å². The first-order valence-corrected chi connectivity index (χ1v) is 8.54. The Bertz CT molecular complexity index is 403. The van der Waals surface area contributed by atoms with E-state index in [-0.39, 0.29) is 0 Å². The van der Waals surface area contributed by atoms with Gasteiger partial charge in [-0.15, -0.1) is 0 Å². The van der Waals surface area contributed by atoms with E-state index in [1.165, 1.54) is 31.5 Å². The Morgan fingerprint density at radius 2 is 1.95 bits per heavy atom. The third-order valence-electron chi connectivity index (χ3n) is 4.65. The van der Waals surface area contributed by atoms with Crippen LogP contribution < -0.4 is 5.32 Å². The molecule has 0 atom stereocenters. The van der Waals surface area contributed by atoms with E-state index in [0.717, 1.165) is 37.2 Å². The highest BCUT2D eigenvalue weighted by atomic mass is 16.3. The standard InChI is InChI=1S/C18H32N2O/c1-14(2)11-19-12-17-7-10-21-18(17)13-20-8-5-16(6-9-20)15(3)4/h7,10,14-16,19H,5-6,8-9,11-13H2,1-4H3. The average Bonchev–Trinajstić information content (AvgIpc) is 2.86. The molecule has 1 aliphatic heterocycles. The van der Waals surface area contributed by atoms with E-state index in [1.807, 2.05) is 6.26 Å². The van der Waals surface area contributed by atoms with E-state index in [2.05, 4.69) is 44.0 Å². The number of furan rings is 1. The largest absolute Gasteiger partial charge is 0.468 e. The summed E-state index contributed by atoms with van der Waals surface area (Å²) in [6, 6.07) is 2.11. The summed E-state index contributed by atoms with van der Waals surface area (Å²) in [5.74, 6) is 3.57. The molecule has 0 amide bonds.